The Morgan fingerprint density at radius 1 is 1.13 bits per heavy atom. The molecule has 3 heterocycles. The predicted molar refractivity (Wildman–Crippen MR) is 156 cm³/mol. The van der Waals surface area contributed by atoms with Crippen molar-refractivity contribution in [3.05, 3.63) is 11.6 Å². The fourth-order valence-electron chi connectivity index (χ4n) is 4.91. The molecule has 4 rings (SSSR count). The highest BCUT2D eigenvalue weighted by atomic mass is 35.5. The van der Waals surface area contributed by atoms with Gasteiger partial charge in [-0.15, -0.1) is 0 Å². The highest BCUT2D eigenvalue weighted by Crippen LogP contribution is 2.44. The number of hydrogen-bond donors (Lipinski definition) is 4. The smallest absolute Gasteiger partial charge is 0.434 e. The van der Waals surface area contributed by atoms with Gasteiger partial charge >= 0.3 is 26.4 Å². The number of nitrogens with one attached hydrogen (secondary N) is 1. The summed E-state index contributed by atoms with van der Waals surface area (Å²) in [6.45, 7) is -0.0764. The molecule has 2 aliphatic rings. The normalized spacial score (nSPS) is 22.9. The van der Waals surface area contributed by atoms with Gasteiger partial charge in [-0.3, -0.25) is 13.9 Å². The van der Waals surface area contributed by atoms with E-state index in [0.717, 1.165) is 30.6 Å². The predicted octanol–water partition coefficient (Wildman–Crippen LogP) is 1.74. The fraction of sp³-hybridized carbons (Fsp3) is 0.680. The summed E-state index contributed by atoms with van der Waals surface area (Å²) in [5.41, 5.74) is 0.623. The summed E-state index contributed by atoms with van der Waals surface area (Å²) in [4.78, 5) is 60.3. The topological polar surface area (TPSA) is 243 Å². The first-order valence-electron chi connectivity index (χ1n) is 14.4. The minimum absolute atomic E-state index is 0.0668. The van der Waals surface area contributed by atoms with E-state index in [1.54, 1.807) is 0 Å². The first-order chi connectivity index (χ1) is 21.8. The number of carbonyl (C=O) groups is 3. The lowest BCUT2D eigenvalue weighted by Gasteiger charge is -2.24. The second-order valence-electron chi connectivity index (χ2n) is 10.4. The number of anilines is 1. The van der Waals surface area contributed by atoms with E-state index < -0.39 is 63.0 Å². The van der Waals surface area contributed by atoms with Gasteiger partial charge in [0.25, 0.3) is 0 Å². The molecule has 21 heteroatoms. The number of hydrogen-bond acceptors (Lipinski definition) is 16. The van der Waals surface area contributed by atoms with Gasteiger partial charge in [-0.2, -0.15) is 9.97 Å². The van der Waals surface area contributed by atoms with Gasteiger partial charge < -0.3 is 49.0 Å². The lowest BCUT2D eigenvalue weighted by Crippen LogP contribution is -2.42. The van der Waals surface area contributed by atoms with E-state index in [9.17, 15) is 34.1 Å². The second kappa shape index (κ2) is 15.5. The molecule has 4 N–H and O–H groups in total. The van der Waals surface area contributed by atoms with Crippen LogP contribution in [0.3, 0.4) is 0 Å². The van der Waals surface area contributed by atoms with E-state index in [1.165, 1.54) is 31.8 Å². The number of aliphatic hydroxyl groups is 2. The summed E-state index contributed by atoms with van der Waals surface area (Å²) in [6, 6.07) is 0.201. The minimum Gasteiger partial charge on any atom is -0.434 e. The largest absolute Gasteiger partial charge is 0.513 e. The first-order valence-corrected chi connectivity index (χ1v) is 16.5. The SMILES string of the molecule is CCOC(=O)OC(OC(=O)OCC)OP(=O)(O)CC(=O)N(C)C[C@H]1O[C@@H](n2cnc3c(NC4CCCC4)nc(Cl)nc32)[C@H](O)[C@@H]1O. The molecule has 0 aromatic carbocycles. The van der Waals surface area contributed by atoms with Gasteiger partial charge in [0.05, 0.1) is 19.5 Å². The summed E-state index contributed by atoms with van der Waals surface area (Å²) < 4.78 is 43.0. The average molecular weight is 695 g/mol. The lowest BCUT2D eigenvalue weighted by molar-refractivity contribution is -0.204. The zero-order valence-electron chi connectivity index (χ0n) is 25.2. The first kappa shape index (κ1) is 35.5. The molecule has 5 atom stereocenters. The number of carbonyl (C=O) groups excluding carboxylic acids is 3. The van der Waals surface area contributed by atoms with Gasteiger partial charge in [-0.05, 0) is 38.3 Å². The molecule has 1 aliphatic carbocycles. The van der Waals surface area contributed by atoms with Crippen LogP contribution in [0.2, 0.25) is 5.28 Å². The Hall–Kier alpha value is -3.32. The summed E-state index contributed by atoms with van der Waals surface area (Å²) in [5, 5.41) is 24.9. The van der Waals surface area contributed by atoms with Gasteiger partial charge in [0.2, 0.25) is 11.2 Å². The maximum Gasteiger partial charge on any atom is 0.513 e. The number of aliphatic hydroxyl groups excluding tert-OH is 2. The molecule has 256 valence electrons. The number of imidazole rings is 1. The van der Waals surface area contributed by atoms with Crippen LogP contribution in [0.4, 0.5) is 15.4 Å². The number of rotatable bonds is 13. The van der Waals surface area contributed by atoms with Crippen molar-refractivity contribution < 1.29 is 62.3 Å². The quantitative estimate of drug-likeness (QED) is 0.101. The molecule has 2 aromatic rings. The van der Waals surface area contributed by atoms with Crippen LogP contribution in [0.15, 0.2) is 6.33 Å². The van der Waals surface area contributed by atoms with Crippen LogP contribution in [0.25, 0.3) is 11.2 Å². The van der Waals surface area contributed by atoms with Gasteiger partial charge in [0, 0.05) is 19.6 Å². The van der Waals surface area contributed by atoms with Crippen LogP contribution in [-0.2, 0) is 37.6 Å². The Morgan fingerprint density at radius 2 is 1.76 bits per heavy atom. The van der Waals surface area contributed by atoms with E-state index in [0.29, 0.717) is 11.3 Å². The molecule has 2 aromatic heterocycles. The summed E-state index contributed by atoms with van der Waals surface area (Å²) in [7, 11) is -3.69. The van der Waals surface area contributed by atoms with Crippen LogP contribution in [-0.4, -0.2) is 122 Å². The maximum absolute atomic E-state index is 12.9. The van der Waals surface area contributed by atoms with Crippen molar-refractivity contribution in [1.29, 1.82) is 0 Å². The Bertz CT molecular complexity index is 1420. The van der Waals surface area contributed by atoms with Gasteiger partial charge in [-0.25, -0.2) is 19.1 Å². The van der Waals surface area contributed by atoms with Crippen molar-refractivity contribution in [3.63, 3.8) is 0 Å². The average Bonchev–Trinajstić information content (AvgIpc) is 3.69. The van der Waals surface area contributed by atoms with Crippen molar-refractivity contribution in [3.8, 4) is 0 Å². The van der Waals surface area contributed by atoms with Crippen LogP contribution in [0.5, 0.6) is 0 Å². The molecule has 0 spiro atoms. The molecule has 1 unspecified atom stereocenters. The molecule has 0 radical (unpaired) electrons. The minimum atomic E-state index is -4.94. The Kier molecular flexibility index (Phi) is 12.0. The van der Waals surface area contributed by atoms with Crippen LogP contribution >= 0.6 is 19.2 Å². The molecule has 19 nitrogen and oxygen atoms in total. The number of amides is 1. The second-order valence-corrected chi connectivity index (χ2v) is 12.5. The Balaban J connectivity index is 1.40. The van der Waals surface area contributed by atoms with E-state index in [1.807, 2.05) is 0 Å². The molecule has 1 saturated heterocycles. The van der Waals surface area contributed by atoms with Crippen molar-refractivity contribution >= 4 is 54.4 Å². The number of nitrogens with zero attached hydrogens (tertiary/aromatic N) is 5. The lowest BCUT2D eigenvalue weighted by atomic mass is 10.1. The van der Waals surface area contributed by atoms with Crippen molar-refractivity contribution in [2.75, 3.05) is 38.3 Å². The third-order valence-corrected chi connectivity index (χ3v) is 8.42. The molecule has 1 amide bonds. The van der Waals surface area contributed by atoms with E-state index >= 15 is 0 Å². The fourth-order valence-corrected chi connectivity index (χ4v) is 6.09. The zero-order valence-corrected chi connectivity index (χ0v) is 26.8. The third-order valence-electron chi connectivity index (χ3n) is 7.08. The van der Waals surface area contributed by atoms with E-state index in [-0.39, 0.29) is 36.7 Å². The highest BCUT2D eigenvalue weighted by molar-refractivity contribution is 7.53. The Morgan fingerprint density at radius 3 is 2.37 bits per heavy atom. The van der Waals surface area contributed by atoms with Gasteiger partial charge in [0.15, 0.2) is 23.2 Å². The molecule has 46 heavy (non-hydrogen) atoms. The maximum atomic E-state index is 12.9. The van der Waals surface area contributed by atoms with Crippen molar-refractivity contribution in [1.82, 2.24) is 24.4 Å². The Labute approximate surface area is 267 Å². The number of aromatic nitrogens is 4. The third kappa shape index (κ3) is 8.93. The summed E-state index contributed by atoms with van der Waals surface area (Å²) in [6.07, 6.45) is -3.80. The number of halogens is 1. The molecule has 1 saturated carbocycles. The molecular formula is C25H36ClN6O13P. The van der Waals surface area contributed by atoms with Gasteiger partial charge in [-0.1, -0.05) is 12.8 Å². The molecule has 0 bridgehead atoms. The van der Waals surface area contributed by atoms with Crippen LogP contribution < -0.4 is 5.32 Å². The van der Waals surface area contributed by atoms with Crippen molar-refractivity contribution in [2.45, 2.75) is 76.6 Å². The molecular weight excluding hydrogens is 659 g/mol. The molecule has 2 fully saturated rings. The molecule has 1 aliphatic heterocycles. The summed E-state index contributed by atoms with van der Waals surface area (Å²) in [5.74, 6) is -0.547. The number of fused-ring (bicyclic) bond motifs is 1. The standard InChI is InChI=1S/C25H36ClN6O13P/c1-4-40-23(36)43-25(44-24(37)41-5-2)45-46(38,39)11-15(33)31(3)10-14-17(34)18(35)21(42-14)32-12-27-16-19(28-13-8-6-7-9-13)29-22(26)30-20(16)32/h12-14,17-18,21,25,34-35H,4-11H2,1-3H3,(H,38,39)(H,28,29,30)/t14-,17-,18-,21-/m1/s1. The van der Waals surface area contributed by atoms with Crippen LogP contribution in [0.1, 0.15) is 45.8 Å². The van der Waals surface area contributed by atoms with E-state index in [4.69, 9.17) is 20.9 Å². The highest BCUT2D eigenvalue weighted by Gasteiger charge is 2.45. The summed E-state index contributed by atoms with van der Waals surface area (Å²) >= 11 is 6.19. The van der Waals surface area contributed by atoms with E-state index in [2.05, 4.69) is 39.2 Å². The monoisotopic (exact) mass is 694 g/mol. The zero-order chi connectivity index (χ0) is 33.6. The number of ether oxygens (including phenoxy) is 5. The van der Waals surface area contributed by atoms with Crippen LogP contribution in [0, 0.1) is 0 Å². The van der Waals surface area contributed by atoms with Crippen molar-refractivity contribution in [2.24, 2.45) is 0 Å². The van der Waals surface area contributed by atoms with Gasteiger partial charge in [0.1, 0.15) is 24.5 Å². The number of likely N-dealkylation sites (N-methyl/N-ethyl adjacent to an activating group) is 1.